The summed E-state index contributed by atoms with van der Waals surface area (Å²) in [5, 5.41) is 5.39. The molecule has 0 unspecified atom stereocenters. The number of nitrogens with zero attached hydrogens (tertiary/aromatic N) is 1. The first kappa shape index (κ1) is 14.9. The van der Waals surface area contributed by atoms with Crippen molar-refractivity contribution in [2.45, 2.75) is 6.54 Å². The van der Waals surface area contributed by atoms with Crippen LogP contribution in [0.5, 0.6) is 0 Å². The molecule has 0 bridgehead atoms. The van der Waals surface area contributed by atoms with Gasteiger partial charge in [-0.05, 0) is 54.1 Å². The third-order valence-electron chi connectivity index (χ3n) is 4.10. The van der Waals surface area contributed by atoms with Gasteiger partial charge in [-0.1, -0.05) is 41.9 Å². The SMILES string of the molecule is Clc1ccc(Nc2ccc3c(ccn3Cc3ccccc3)c2)cc1. The van der Waals surface area contributed by atoms with Crippen LogP contribution in [-0.2, 0) is 6.54 Å². The minimum atomic E-state index is 0.744. The van der Waals surface area contributed by atoms with Crippen LogP contribution in [0.15, 0.2) is 85.1 Å². The molecule has 3 aromatic carbocycles. The van der Waals surface area contributed by atoms with E-state index in [0.29, 0.717) is 0 Å². The van der Waals surface area contributed by atoms with Crippen molar-refractivity contribution < 1.29 is 0 Å². The van der Waals surface area contributed by atoms with Gasteiger partial charge in [0.2, 0.25) is 0 Å². The smallest absolute Gasteiger partial charge is 0.0484 e. The number of benzene rings is 3. The zero-order valence-electron chi connectivity index (χ0n) is 13.1. The van der Waals surface area contributed by atoms with Crippen LogP contribution in [0.4, 0.5) is 11.4 Å². The van der Waals surface area contributed by atoms with Crippen LogP contribution in [0.25, 0.3) is 10.9 Å². The number of fused-ring (bicyclic) bond motifs is 1. The van der Waals surface area contributed by atoms with Gasteiger partial charge in [-0.3, -0.25) is 0 Å². The number of rotatable bonds is 4. The fraction of sp³-hybridized carbons (Fsp3) is 0.0476. The summed E-state index contributed by atoms with van der Waals surface area (Å²) in [6.07, 6.45) is 2.14. The lowest BCUT2D eigenvalue weighted by Crippen LogP contribution is -1.97. The van der Waals surface area contributed by atoms with Crippen molar-refractivity contribution >= 4 is 33.9 Å². The van der Waals surface area contributed by atoms with Gasteiger partial charge in [0.1, 0.15) is 0 Å². The molecule has 0 atom stereocenters. The molecule has 3 heteroatoms. The van der Waals surface area contributed by atoms with Gasteiger partial charge >= 0.3 is 0 Å². The fourth-order valence-electron chi connectivity index (χ4n) is 2.90. The lowest BCUT2D eigenvalue weighted by molar-refractivity contribution is 0.837. The third kappa shape index (κ3) is 3.15. The summed E-state index contributed by atoms with van der Waals surface area (Å²) in [6.45, 7) is 0.883. The Labute approximate surface area is 146 Å². The van der Waals surface area contributed by atoms with E-state index in [-0.39, 0.29) is 0 Å². The molecule has 0 radical (unpaired) electrons. The number of hydrogen-bond acceptors (Lipinski definition) is 1. The molecule has 0 aliphatic heterocycles. The number of aromatic nitrogens is 1. The zero-order valence-corrected chi connectivity index (χ0v) is 13.9. The van der Waals surface area contributed by atoms with Crippen LogP contribution in [0, 0.1) is 0 Å². The highest BCUT2D eigenvalue weighted by atomic mass is 35.5. The Hall–Kier alpha value is -2.71. The van der Waals surface area contributed by atoms with Gasteiger partial charge in [-0.25, -0.2) is 0 Å². The molecule has 4 aromatic rings. The van der Waals surface area contributed by atoms with Crippen LogP contribution in [0.1, 0.15) is 5.56 Å². The first-order valence-electron chi connectivity index (χ1n) is 7.93. The molecule has 0 spiro atoms. The molecular formula is C21H17ClN2. The van der Waals surface area contributed by atoms with Crippen molar-refractivity contribution in [3.8, 4) is 0 Å². The third-order valence-corrected chi connectivity index (χ3v) is 4.35. The normalized spacial score (nSPS) is 10.9. The summed E-state index contributed by atoms with van der Waals surface area (Å²) in [4.78, 5) is 0. The molecule has 24 heavy (non-hydrogen) atoms. The van der Waals surface area contributed by atoms with Crippen LogP contribution in [0.3, 0.4) is 0 Å². The first-order chi connectivity index (χ1) is 11.8. The Morgan fingerprint density at radius 1 is 0.792 bits per heavy atom. The van der Waals surface area contributed by atoms with Gasteiger partial charge < -0.3 is 9.88 Å². The Kier molecular flexibility index (Phi) is 3.97. The molecular weight excluding hydrogens is 316 g/mol. The van der Waals surface area contributed by atoms with E-state index in [9.17, 15) is 0 Å². The quantitative estimate of drug-likeness (QED) is 0.478. The van der Waals surface area contributed by atoms with Crippen molar-refractivity contribution in [3.05, 3.63) is 95.6 Å². The van der Waals surface area contributed by atoms with E-state index in [1.165, 1.54) is 16.5 Å². The maximum absolute atomic E-state index is 5.93. The summed E-state index contributed by atoms with van der Waals surface area (Å²) in [7, 11) is 0. The van der Waals surface area contributed by atoms with E-state index in [4.69, 9.17) is 11.6 Å². The number of halogens is 1. The standard InChI is InChI=1S/C21H17ClN2/c22-18-6-8-19(9-7-18)23-20-10-11-21-17(14-20)12-13-24(21)15-16-4-2-1-3-5-16/h1-14,23H,15H2. The Morgan fingerprint density at radius 2 is 1.54 bits per heavy atom. The van der Waals surface area contributed by atoms with E-state index in [2.05, 4.69) is 64.6 Å². The van der Waals surface area contributed by atoms with E-state index >= 15 is 0 Å². The summed E-state index contributed by atoms with van der Waals surface area (Å²) >= 11 is 5.93. The van der Waals surface area contributed by atoms with Gasteiger partial charge in [0, 0.05) is 40.0 Å². The van der Waals surface area contributed by atoms with Crippen molar-refractivity contribution in [1.29, 1.82) is 0 Å². The minimum absolute atomic E-state index is 0.744. The first-order valence-corrected chi connectivity index (χ1v) is 8.31. The van der Waals surface area contributed by atoms with E-state index in [0.717, 1.165) is 22.9 Å². The summed E-state index contributed by atoms with van der Waals surface area (Å²) in [6, 6.07) is 26.9. The largest absolute Gasteiger partial charge is 0.356 e. The molecule has 0 aliphatic rings. The number of hydrogen-bond donors (Lipinski definition) is 1. The molecule has 1 heterocycles. The molecule has 1 aromatic heterocycles. The Morgan fingerprint density at radius 3 is 2.33 bits per heavy atom. The topological polar surface area (TPSA) is 17.0 Å². The van der Waals surface area contributed by atoms with Crippen molar-refractivity contribution in [1.82, 2.24) is 4.57 Å². The highest BCUT2D eigenvalue weighted by molar-refractivity contribution is 6.30. The molecule has 118 valence electrons. The molecule has 0 fully saturated rings. The summed E-state index contributed by atoms with van der Waals surface area (Å²) < 4.78 is 2.27. The maximum atomic E-state index is 5.93. The predicted octanol–water partition coefficient (Wildman–Crippen LogP) is 6.09. The summed E-state index contributed by atoms with van der Waals surface area (Å²) in [5.74, 6) is 0. The van der Waals surface area contributed by atoms with Gasteiger partial charge in [-0.15, -0.1) is 0 Å². The average Bonchev–Trinajstić information content (AvgIpc) is 3.00. The van der Waals surface area contributed by atoms with Crippen LogP contribution in [-0.4, -0.2) is 4.57 Å². The van der Waals surface area contributed by atoms with Crippen LogP contribution in [0.2, 0.25) is 5.02 Å². The van der Waals surface area contributed by atoms with Crippen LogP contribution >= 0.6 is 11.6 Å². The number of anilines is 2. The molecule has 4 rings (SSSR count). The lowest BCUT2D eigenvalue weighted by Gasteiger charge is -2.09. The van der Waals surface area contributed by atoms with Crippen LogP contribution < -0.4 is 5.32 Å². The Balaban J connectivity index is 1.59. The van der Waals surface area contributed by atoms with E-state index < -0.39 is 0 Å². The highest BCUT2D eigenvalue weighted by Crippen LogP contribution is 2.24. The van der Waals surface area contributed by atoms with Crippen molar-refractivity contribution in [3.63, 3.8) is 0 Å². The fourth-order valence-corrected chi connectivity index (χ4v) is 3.02. The van der Waals surface area contributed by atoms with Gasteiger partial charge in [0.05, 0.1) is 0 Å². The molecule has 0 aliphatic carbocycles. The second-order valence-corrected chi connectivity index (χ2v) is 6.27. The summed E-state index contributed by atoms with van der Waals surface area (Å²) in [5.41, 5.74) is 4.64. The minimum Gasteiger partial charge on any atom is -0.356 e. The molecule has 0 saturated carbocycles. The second-order valence-electron chi connectivity index (χ2n) is 5.83. The van der Waals surface area contributed by atoms with Crippen molar-refractivity contribution in [2.24, 2.45) is 0 Å². The van der Waals surface area contributed by atoms with E-state index in [1.54, 1.807) is 0 Å². The predicted molar refractivity (Wildman–Crippen MR) is 102 cm³/mol. The van der Waals surface area contributed by atoms with Gasteiger partial charge in [-0.2, -0.15) is 0 Å². The molecule has 2 nitrogen and oxygen atoms in total. The van der Waals surface area contributed by atoms with Gasteiger partial charge in [0.15, 0.2) is 0 Å². The monoisotopic (exact) mass is 332 g/mol. The highest BCUT2D eigenvalue weighted by Gasteiger charge is 2.03. The number of nitrogens with one attached hydrogen (secondary N) is 1. The van der Waals surface area contributed by atoms with E-state index in [1.807, 2.05) is 30.3 Å². The molecule has 0 amide bonds. The molecule has 1 N–H and O–H groups in total. The molecule has 0 saturated heterocycles. The zero-order chi connectivity index (χ0) is 16.4. The average molecular weight is 333 g/mol. The van der Waals surface area contributed by atoms with Crippen molar-refractivity contribution in [2.75, 3.05) is 5.32 Å². The van der Waals surface area contributed by atoms with Gasteiger partial charge in [0.25, 0.3) is 0 Å². The lowest BCUT2D eigenvalue weighted by atomic mass is 10.2. The Bertz CT molecular complexity index is 956. The second kappa shape index (κ2) is 6.42. The maximum Gasteiger partial charge on any atom is 0.0484 e.